The largest absolute Gasteiger partial charge is 0.444 e. The molecule has 0 spiro atoms. The second-order valence-electron chi connectivity index (χ2n) is 7.45. The predicted octanol–water partition coefficient (Wildman–Crippen LogP) is 2.28. The van der Waals surface area contributed by atoms with Crippen LogP contribution in [0.2, 0.25) is 0 Å². The number of hydrogen-bond donors (Lipinski definition) is 2. The monoisotopic (exact) mass is 348 g/mol. The van der Waals surface area contributed by atoms with Crippen molar-refractivity contribution in [1.82, 2.24) is 10.2 Å². The van der Waals surface area contributed by atoms with E-state index in [0.717, 1.165) is 5.56 Å². The molecule has 1 aromatic carbocycles. The third kappa shape index (κ3) is 4.95. The van der Waals surface area contributed by atoms with E-state index in [9.17, 15) is 14.7 Å². The maximum Gasteiger partial charge on any atom is 0.408 e. The minimum Gasteiger partial charge on any atom is -0.444 e. The van der Waals surface area contributed by atoms with Gasteiger partial charge in [-0.1, -0.05) is 30.3 Å². The molecule has 0 bridgehead atoms. The second-order valence-corrected chi connectivity index (χ2v) is 7.45. The van der Waals surface area contributed by atoms with Gasteiger partial charge in [-0.05, 0) is 39.7 Å². The first-order chi connectivity index (χ1) is 11.7. The second kappa shape index (κ2) is 7.87. The molecule has 1 aliphatic heterocycles. The van der Waals surface area contributed by atoms with Crippen LogP contribution in [0.5, 0.6) is 0 Å². The van der Waals surface area contributed by atoms with Gasteiger partial charge >= 0.3 is 6.09 Å². The number of carbonyl (C=O) groups is 2. The van der Waals surface area contributed by atoms with Gasteiger partial charge in [0.05, 0.1) is 6.61 Å². The summed E-state index contributed by atoms with van der Waals surface area (Å²) in [6.07, 6.45) is -0.0956. The van der Waals surface area contributed by atoms with Gasteiger partial charge in [-0.15, -0.1) is 0 Å². The fourth-order valence-corrected chi connectivity index (χ4v) is 3.28. The highest BCUT2D eigenvalue weighted by molar-refractivity contribution is 5.87. The van der Waals surface area contributed by atoms with Gasteiger partial charge in [-0.25, -0.2) is 4.79 Å². The molecule has 1 saturated heterocycles. The first-order valence-electron chi connectivity index (χ1n) is 8.68. The molecular weight excluding hydrogens is 320 g/mol. The molecule has 0 aromatic heterocycles. The van der Waals surface area contributed by atoms with E-state index in [1.54, 1.807) is 25.7 Å². The molecule has 1 aromatic rings. The van der Waals surface area contributed by atoms with Gasteiger partial charge in [0.1, 0.15) is 11.6 Å². The van der Waals surface area contributed by atoms with Crippen LogP contribution in [-0.4, -0.2) is 52.8 Å². The van der Waals surface area contributed by atoms with Crippen LogP contribution in [0.1, 0.15) is 45.6 Å². The summed E-state index contributed by atoms with van der Waals surface area (Å²) in [6, 6.07) is 9.21. The number of nitrogens with zero attached hydrogens (tertiary/aromatic N) is 1. The molecule has 3 atom stereocenters. The lowest BCUT2D eigenvalue weighted by Crippen LogP contribution is -2.58. The quantitative estimate of drug-likeness (QED) is 0.875. The number of ether oxygens (including phenoxy) is 1. The Bertz CT molecular complexity index is 597. The minimum absolute atomic E-state index is 0.0567. The molecule has 2 amide bonds. The number of likely N-dealkylation sites (tertiary alicyclic amines) is 1. The fraction of sp³-hybridized carbons (Fsp3) is 0.579. The van der Waals surface area contributed by atoms with E-state index in [4.69, 9.17) is 4.74 Å². The maximum absolute atomic E-state index is 12.7. The Balaban J connectivity index is 2.20. The summed E-state index contributed by atoms with van der Waals surface area (Å²) in [6.45, 7) is 7.45. The lowest BCUT2D eigenvalue weighted by atomic mass is 9.82. The Hall–Kier alpha value is -2.08. The minimum atomic E-state index is -0.664. The standard InChI is InChI=1S/C19H28N2O4/c1-13-15(14-8-6-5-7-9-14)12-16(17(23)21(13)10-11-22)20-18(24)25-19(2,3)4/h5-9,13,15-16,22H,10-12H2,1-4H3,(H,20,24). The van der Waals surface area contributed by atoms with Crippen molar-refractivity contribution in [2.45, 2.75) is 57.7 Å². The van der Waals surface area contributed by atoms with Crippen LogP contribution in [0.25, 0.3) is 0 Å². The van der Waals surface area contributed by atoms with Gasteiger partial charge in [-0.3, -0.25) is 4.79 Å². The number of nitrogens with one attached hydrogen (secondary N) is 1. The zero-order valence-electron chi connectivity index (χ0n) is 15.4. The van der Waals surface area contributed by atoms with Crippen molar-refractivity contribution in [3.05, 3.63) is 35.9 Å². The van der Waals surface area contributed by atoms with Crippen LogP contribution in [0.4, 0.5) is 4.79 Å². The van der Waals surface area contributed by atoms with Crippen molar-refractivity contribution in [1.29, 1.82) is 0 Å². The molecule has 1 heterocycles. The SMILES string of the molecule is CC1C(c2ccccc2)CC(NC(=O)OC(C)(C)C)C(=O)N1CCO. The van der Waals surface area contributed by atoms with Crippen LogP contribution in [0.15, 0.2) is 30.3 Å². The normalized spacial score (nSPS) is 24.1. The molecule has 25 heavy (non-hydrogen) atoms. The molecule has 138 valence electrons. The van der Waals surface area contributed by atoms with Gasteiger partial charge in [-0.2, -0.15) is 0 Å². The highest BCUT2D eigenvalue weighted by atomic mass is 16.6. The van der Waals surface area contributed by atoms with E-state index >= 15 is 0 Å². The molecule has 1 fully saturated rings. The Kier molecular flexibility index (Phi) is 6.06. The number of benzene rings is 1. The Morgan fingerprint density at radius 1 is 1.32 bits per heavy atom. The summed E-state index contributed by atoms with van der Waals surface area (Å²) in [5.41, 5.74) is 0.486. The molecule has 0 aliphatic carbocycles. The lowest BCUT2D eigenvalue weighted by Gasteiger charge is -2.43. The molecule has 2 rings (SSSR count). The Labute approximate surface area is 149 Å². The lowest BCUT2D eigenvalue weighted by molar-refractivity contribution is -0.140. The smallest absolute Gasteiger partial charge is 0.408 e. The summed E-state index contributed by atoms with van der Waals surface area (Å²) in [5, 5.41) is 12.0. The van der Waals surface area contributed by atoms with Gasteiger partial charge in [0.2, 0.25) is 5.91 Å². The van der Waals surface area contributed by atoms with Crippen LogP contribution in [-0.2, 0) is 9.53 Å². The van der Waals surface area contributed by atoms with Crippen molar-refractivity contribution in [2.75, 3.05) is 13.2 Å². The number of aliphatic hydroxyl groups is 1. The van der Waals surface area contributed by atoms with Crippen molar-refractivity contribution in [3.63, 3.8) is 0 Å². The van der Waals surface area contributed by atoms with Gasteiger partial charge < -0.3 is 20.1 Å². The van der Waals surface area contributed by atoms with Gasteiger partial charge in [0.25, 0.3) is 0 Å². The number of alkyl carbamates (subject to hydrolysis) is 1. The first kappa shape index (κ1) is 19.2. The van der Waals surface area contributed by atoms with Gasteiger partial charge in [0.15, 0.2) is 0 Å². The number of hydrogen-bond acceptors (Lipinski definition) is 4. The van der Waals surface area contributed by atoms with Crippen molar-refractivity contribution in [3.8, 4) is 0 Å². The summed E-state index contributed by atoms with van der Waals surface area (Å²) < 4.78 is 5.28. The zero-order valence-corrected chi connectivity index (χ0v) is 15.4. The molecule has 3 unspecified atom stereocenters. The van der Waals surface area contributed by atoms with E-state index in [1.165, 1.54) is 0 Å². The highest BCUT2D eigenvalue weighted by Crippen LogP contribution is 2.33. The number of aliphatic hydroxyl groups excluding tert-OH is 1. The van der Waals surface area contributed by atoms with E-state index in [-0.39, 0.29) is 31.0 Å². The summed E-state index contributed by atoms with van der Waals surface area (Å²) in [4.78, 5) is 26.5. The Morgan fingerprint density at radius 2 is 1.96 bits per heavy atom. The molecule has 0 radical (unpaired) electrons. The van der Waals surface area contributed by atoms with Crippen LogP contribution >= 0.6 is 0 Å². The molecule has 6 nitrogen and oxygen atoms in total. The maximum atomic E-state index is 12.7. The van der Waals surface area contributed by atoms with E-state index in [2.05, 4.69) is 5.32 Å². The first-order valence-corrected chi connectivity index (χ1v) is 8.68. The topological polar surface area (TPSA) is 78.9 Å². The van der Waals surface area contributed by atoms with Crippen LogP contribution in [0.3, 0.4) is 0 Å². The Morgan fingerprint density at radius 3 is 2.52 bits per heavy atom. The van der Waals surface area contributed by atoms with Gasteiger partial charge in [0, 0.05) is 18.5 Å². The fourth-order valence-electron chi connectivity index (χ4n) is 3.28. The summed E-state index contributed by atoms with van der Waals surface area (Å²) >= 11 is 0. The van der Waals surface area contributed by atoms with Crippen molar-refractivity contribution < 1.29 is 19.4 Å². The molecule has 1 aliphatic rings. The van der Waals surface area contributed by atoms with Crippen molar-refractivity contribution >= 4 is 12.0 Å². The number of piperidine rings is 1. The zero-order chi connectivity index (χ0) is 18.6. The molecule has 0 saturated carbocycles. The van der Waals surface area contributed by atoms with Crippen LogP contribution < -0.4 is 5.32 Å². The third-order valence-electron chi connectivity index (χ3n) is 4.40. The third-order valence-corrected chi connectivity index (χ3v) is 4.40. The average Bonchev–Trinajstić information content (AvgIpc) is 2.53. The number of amides is 2. The number of β-amino-alcohol motifs (C(OH)–C–C–N with tert-alkyl or cyclic N) is 1. The summed E-state index contributed by atoms with van der Waals surface area (Å²) in [5.74, 6) is -0.107. The summed E-state index contributed by atoms with van der Waals surface area (Å²) in [7, 11) is 0. The van der Waals surface area contributed by atoms with E-state index in [0.29, 0.717) is 6.42 Å². The van der Waals surface area contributed by atoms with E-state index < -0.39 is 17.7 Å². The van der Waals surface area contributed by atoms with E-state index in [1.807, 2.05) is 37.3 Å². The van der Waals surface area contributed by atoms with Crippen molar-refractivity contribution in [2.24, 2.45) is 0 Å². The highest BCUT2D eigenvalue weighted by Gasteiger charge is 2.40. The predicted molar refractivity (Wildman–Crippen MR) is 95.2 cm³/mol. The number of rotatable bonds is 4. The molecular formula is C19H28N2O4. The van der Waals surface area contributed by atoms with Crippen LogP contribution in [0, 0.1) is 0 Å². The molecule has 6 heteroatoms. The average molecular weight is 348 g/mol. The number of carbonyl (C=O) groups excluding carboxylic acids is 2. The molecule has 2 N–H and O–H groups in total.